The third-order valence-electron chi connectivity index (χ3n) is 1.29. The van der Waals surface area contributed by atoms with Crippen molar-refractivity contribution in [2.75, 3.05) is 6.54 Å². The van der Waals surface area contributed by atoms with Gasteiger partial charge in [-0.25, -0.2) is 0 Å². The maximum absolute atomic E-state index is 5.05. The van der Waals surface area contributed by atoms with E-state index in [-0.39, 0.29) is 0 Å². The summed E-state index contributed by atoms with van der Waals surface area (Å²) in [5, 5.41) is 3.20. The van der Waals surface area contributed by atoms with Crippen LogP contribution in [0.2, 0.25) is 0 Å². The highest BCUT2D eigenvalue weighted by atomic mass is 15.0. The predicted octanol–water partition coefficient (Wildman–Crippen LogP) is 0.372. The quantitative estimate of drug-likeness (QED) is 0.464. The summed E-state index contributed by atoms with van der Waals surface area (Å²) in [6.45, 7) is 1.16. The van der Waals surface area contributed by atoms with E-state index in [4.69, 9.17) is 6.42 Å². The van der Waals surface area contributed by atoms with Gasteiger partial charge in [0.1, 0.15) is 0 Å². The standard InChI is InChI=1S/C6H9N/c1-2-3-6-4-5-7-6/h1,6-7H,3-5H2. The van der Waals surface area contributed by atoms with Gasteiger partial charge in [0.15, 0.2) is 0 Å². The average molecular weight is 95.1 g/mol. The van der Waals surface area contributed by atoms with Crippen LogP contribution in [0.1, 0.15) is 12.8 Å². The molecule has 0 spiro atoms. The van der Waals surface area contributed by atoms with Crippen molar-refractivity contribution in [3.63, 3.8) is 0 Å². The summed E-state index contributed by atoms with van der Waals surface area (Å²) in [6, 6.07) is 0.644. The van der Waals surface area contributed by atoms with E-state index in [1.54, 1.807) is 0 Å². The lowest BCUT2D eigenvalue weighted by Gasteiger charge is -2.25. The van der Waals surface area contributed by atoms with Gasteiger partial charge in [0.05, 0.1) is 0 Å². The van der Waals surface area contributed by atoms with E-state index in [0.717, 1.165) is 13.0 Å². The summed E-state index contributed by atoms with van der Waals surface area (Å²) in [7, 11) is 0. The van der Waals surface area contributed by atoms with Crippen LogP contribution >= 0.6 is 0 Å². The van der Waals surface area contributed by atoms with Gasteiger partial charge in [-0.2, -0.15) is 0 Å². The Hall–Kier alpha value is -0.480. The van der Waals surface area contributed by atoms with Crippen LogP contribution in [0.3, 0.4) is 0 Å². The summed E-state index contributed by atoms with van der Waals surface area (Å²) < 4.78 is 0. The van der Waals surface area contributed by atoms with Gasteiger partial charge < -0.3 is 5.32 Å². The van der Waals surface area contributed by atoms with Gasteiger partial charge >= 0.3 is 0 Å². The molecule has 1 nitrogen and oxygen atoms in total. The molecule has 7 heavy (non-hydrogen) atoms. The zero-order chi connectivity index (χ0) is 5.11. The molecule has 0 aromatic carbocycles. The Morgan fingerprint density at radius 1 is 1.86 bits per heavy atom. The van der Waals surface area contributed by atoms with E-state index in [9.17, 15) is 0 Å². The highest BCUT2D eigenvalue weighted by molar-refractivity contribution is 4.93. The monoisotopic (exact) mass is 95.1 g/mol. The van der Waals surface area contributed by atoms with Gasteiger partial charge in [-0.1, -0.05) is 0 Å². The summed E-state index contributed by atoms with van der Waals surface area (Å²) in [6.07, 6.45) is 7.22. The summed E-state index contributed by atoms with van der Waals surface area (Å²) >= 11 is 0. The Morgan fingerprint density at radius 3 is 2.71 bits per heavy atom. The van der Waals surface area contributed by atoms with E-state index >= 15 is 0 Å². The molecule has 1 N–H and O–H groups in total. The second-order valence-electron chi connectivity index (χ2n) is 1.85. The van der Waals surface area contributed by atoms with Gasteiger partial charge in [-0.15, -0.1) is 12.3 Å². The molecule has 0 radical (unpaired) electrons. The normalized spacial score (nSPS) is 28.1. The number of rotatable bonds is 1. The highest BCUT2D eigenvalue weighted by Gasteiger charge is 2.13. The third kappa shape index (κ3) is 0.942. The molecule has 0 aromatic rings. The Morgan fingerprint density at radius 2 is 2.57 bits per heavy atom. The first kappa shape index (κ1) is 4.67. The van der Waals surface area contributed by atoms with Crippen molar-refractivity contribution in [1.82, 2.24) is 5.32 Å². The molecular weight excluding hydrogens is 86.1 g/mol. The fourth-order valence-corrected chi connectivity index (χ4v) is 0.665. The number of hydrogen-bond acceptors (Lipinski definition) is 1. The summed E-state index contributed by atoms with van der Waals surface area (Å²) in [4.78, 5) is 0. The largest absolute Gasteiger partial charge is 0.313 e. The van der Waals surface area contributed by atoms with Gasteiger partial charge in [0.2, 0.25) is 0 Å². The molecule has 0 bridgehead atoms. The highest BCUT2D eigenvalue weighted by Crippen LogP contribution is 2.03. The van der Waals surface area contributed by atoms with Crippen LogP contribution in [0, 0.1) is 12.3 Å². The Kier molecular flexibility index (Phi) is 1.33. The van der Waals surface area contributed by atoms with Crippen molar-refractivity contribution in [2.24, 2.45) is 0 Å². The van der Waals surface area contributed by atoms with Crippen molar-refractivity contribution >= 4 is 0 Å². The molecule has 1 aliphatic heterocycles. The molecule has 1 aliphatic rings. The predicted molar refractivity (Wildman–Crippen MR) is 29.9 cm³/mol. The molecule has 1 fully saturated rings. The second-order valence-corrected chi connectivity index (χ2v) is 1.85. The molecule has 0 saturated carbocycles. The first-order valence-corrected chi connectivity index (χ1v) is 2.60. The molecule has 0 aliphatic carbocycles. The third-order valence-corrected chi connectivity index (χ3v) is 1.29. The van der Waals surface area contributed by atoms with Crippen molar-refractivity contribution in [1.29, 1.82) is 0 Å². The molecule has 38 valence electrons. The SMILES string of the molecule is C#CCC1CCN1. The van der Waals surface area contributed by atoms with Crippen molar-refractivity contribution in [3.05, 3.63) is 0 Å². The maximum Gasteiger partial charge on any atom is 0.0241 e. The smallest absolute Gasteiger partial charge is 0.0241 e. The zero-order valence-electron chi connectivity index (χ0n) is 4.28. The maximum atomic E-state index is 5.05. The fraction of sp³-hybridized carbons (Fsp3) is 0.667. The molecular formula is C6H9N. The summed E-state index contributed by atoms with van der Waals surface area (Å²) in [5.41, 5.74) is 0. The molecule has 1 unspecified atom stereocenters. The van der Waals surface area contributed by atoms with Crippen molar-refractivity contribution < 1.29 is 0 Å². The minimum absolute atomic E-state index is 0.644. The van der Waals surface area contributed by atoms with Gasteiger partial charge in [-0.3, -0.25) is 0 Å². The van der Waals surface area contributed by atoms with E-state index in [1.165, 1.54) is 6.42 Å². The lowest BCUT2D eigenvalue weighted by atomic mass is 10.1. The molecule has 1 atom stereocenters. The second kappa shape index (κ2) is 1.99. The first-order valence-electron chi connectivity index (χ1n) is 2.60. The van der Waals surface area contributed by atoms with E-state index < -0.39 is 0 Å². The van der Waals surface area contributed by atoms with Crippen LogP contribution in [0.25, 0.3) is 0 Å². The van der Waals surface area contributed by atoms with Crippen LogP contribution < -0.4 is 5.32 Å². The molecule has 1 saturated heterocycles. The minimum atomic E-state index is 0.644. The van der Waals surface area contributed by atoms with Crippen LogP contribution in [-0.4, -0.2) is 12.6 Å². The van der Waals surface area contributed by atoms with E-state index in [0.29, 0.717) is 6.04 Å². The number of hydrogen-bond donors (Lipinski definition) is 1. The Bertz CT molecular complexity index is 86.8. The van der Waals surface area contributed by atoms with Gasteiger partial charge in [0, 0.05) is 12.5 Å². The molecule has 0 aromatic heterocycles. The first-order chi connectivity index (χ1) is 3.43. The Balaban J connectivity index is 2.06. The topological polar surface area (TPSA) is 12.0 Å². The van der Waals surface area contributed by atoms with Crippen LogP contribution in [0.15, 0.2) is 0 Å². The van der Waals surface area contributed by atoms with Crippen LogP contribution in [0.4, 0.5) is 0 Å². The van der Waals surface area contributed by atoms with E-state index in [1.807, 2.05) is 0 Å². The lowest BCUT2D eigenvalue weighted by Crippen LogP contribution is -2.42. The lowest BCUT2D eigenvalue weighted by molar-refractivity contribution is 0.378. The van der Waals surface area contributed by atoms with Crippen LogP contribution in [0.5, 0.6) is 0 Å². The minimum Gasteiger partial charge on any atom is -0.313 e. The number of terminal acetylenes is 1. The average Bonchev–Trinajstić information content (AvgIpc) is 1.55. The number of nitrogens with one attached hydrogen (secondary N) is 1. The molecule has 1 rings (SSSR count). The zero-order valence-corrected chi connectivity index (χ0v) is 4.28. The van der Waals surface area contributed by atoms with Gasteiger partial charge in [-0.05, 0) is 13.0 Å². The van der Waals surface area contributed by atoms with Gasteiger partial charge in [0.25, 0.3) is 0 Å². The van der Waals surface area contributed by atoms with E-state index in [2.05, 4.69) is 11.2 Å². The fourth-order valence-electron chi connectivity index (χ4n) is 0.665. The molecule has 1 heterocycles. The Labute approximate surface area is 44.1 Å². The molecule has 1 heteroatoms. The summed E-state index contributed by atoms with van der Waals surface area (Å²) in [5.74, 6) is 2.61. The van der Waals surface area contributed by atoms with Crippen molar-refractivity contribution in [3.8, 4) is 12.3 Å². The molecule has 0 amide bonds. The van der Waals surface area contributed by atoms with Crippen molar-refractivity contribution in [2.45, 2.75) is 18.9 Å². The van der Waals surface area contributed by atoms with Crippen LogP contribution in [-0.2, 0) is 0 Å².